The van der Waals surface area contributed by atoms with E-state index in [-0.39, 0.29) is 17.9 Å². The van der Waals surface area contributed by atoms with Crippen molar-refractivity contribution in [3.8, 4) is 0 Å². The van der Waals surface area contributed by atoms with E-state index in [4.69, 9.17) is 0 Å². The van der Waals surface area contributed by atoms with Crippen LogP contribution in [0, 0.1) is 0 Å². The van der Waals surface area contributed by atoms with Gasteiger partial charge >= 0.3 is 0 Å². The Morgan fingerprint density at radius 1 is 1.06 bits per heavy atom. The summed E-state index contributed by atoms with van der Waals surface area (Å²) >= 11 is 1.58. The Morgan fingerprint density at radius 3 is 2.56 bits per heavy atom. The minimum Gasteiger partial charge on any atom is -0.355 e. The number of carbonyl (C=O) groups is 2. The normalized spacial score (nSPS) is 18.0. The fourth-order valence-corrected chi connectivity index (χ4v) is 5.32. The van der Waals surface area contributed by atoms with Crippen LogP contribution in [-0.2, 0) is 11.3 Å². The summed E-state index contributed by atoms with van der Waals surface area (Å²) in [4.78, 5) is 31.4. The molecule has 2 aromatic carbocycles. The SMILES string of the molecule is CN(CCCNC(=O)[C@@H]1c2ccccc2C(=O)N(C)[C@H]1c1cccs1)Cc1ccccc1. The zero-order valence-electron chi connectivity index (χ0n) is 18.5. The summed E-state index contributed by atoms with van der Waals surface area (Å²) in [5.41, 5.74) is 2.71. The molecule has 2 atom stereocenters. The first-order valence-corrected chi connectivity index (χ1v) is 11.8. The largest absolute Gasteiger partial charge is 0.355 e. The second-order valence-corrected chi connectivity index (χ2v) is 9.29. The van der Waals surface area contributed by atoms with Crippen LogP contribution in [-0.4, -0.2) is 48.8 Å². The van der Waals surface area contributed by atoms with E-state index in [1.165, 1.54) is 5.56 Å². The molecule has 0 fully saturated rings. The van der Waals surface area contributed by atoms with Gasteiger partial charge in [0.1, 0.15) is 0 Å². The van der Waals surface area contributed by atoms with Gasteiger partial charge in [0.2, 0.25) is 5.91 Å². The van der Waals surface area contributed by atoms with Crippen molar-refractivity contribution >= 4 is 23.2 Å². The fraction of sp³-hybridized carbons (Fsp3) is 0.308. The lowest BCUT2D eigenvalue weighted by molar-refractivity contribution is -0.124. The minimum atomic E-state index is -0.422. The summed E-state index contributed by atoms with van der Waals surface area (Å²) in [6, 6.07) is 21.6. The second-order valence-electron chi connectivity index (χ2n) is 8.31. The average molecular weight is 448 g/mol. The van der Waals surface area contributed by atoms with Crippen LogP contribution in [0.3, 0.4) is 0 Å². The summed E-state index contributed by atoms with van der Waals surface area (Å²) in [6.45, 7) is 2.38. The third-order valence-electron chi connectivity index (χ3n) is 6.01. The van der Waals surface area contributed by atoms with Gasteiger partial charge in [-0.15, -0.1) is 11.3 Å². The Balaban J connectivity index is 1.42. The van der Waals surface area contributed by atoms with Crippen molar-refractivity contribution in [3.63, 3.8) is 0 Å². The van der Waals surface area contributed by atoms with Gasteiger partial charge in [-0.25, -0.2) is 0 Å². The van der Waals surface area contributed by atoms with E-state index in [1.807, 2.05) is 47.8 Å². The summed E-state index contributed by atoms with van der Waals surface area (Å²) in [6.07, 6.45) is 0.863. The van der Waals surface area contributed by atoms with Crippen LogP contribution in [0.4, 0.5) is 0 Å². The van der Waals surface area contributed by atoms with E-state index in [9.17, 15) is 9.59 Å². The van der Waals surface area contributed by atoms with Gasteiger partial charge in [-0.05, 0) is 48.7 Å². The molecular formula is C26H29N3O2S. The van der Waals surface area contributed by atoms with Crippen molar-refractivity contribution in [3.05, 3.63) is 93.7 Å². The molecule has 0 saturated carbocycles. The lowest BCUT2D eigenvalue weighted by Gasteiger charge is -2.39. The summed E-state index contributed by atoms with van der Waals surface area (Å²) in [5.74, 6) is -0.485. The maximum absolute atomic E-state index is 13.4. The quantitative estimate of drug-likeness (QED) is 0.524. The molecule has 6 heteroatoms. The van der Waals surface area contributed by atoms with Crippen molar-refractivity contribution < 1.29 is 9.59 Å². The van der Waals surface area contributed by atoms with Crippen molar-refractivity contribution in [2.75, 3.05) is 27.2 Å². The molecule has 0 unspecified atom stereocenters. The highest BCUT2D eigenvalue weighted by Crippen LogP contribution is 2.43. The first kappa shape index (κ1) is 22.2. The van der Waals surface area contributed by atoms with Crippen LogP contribution in [0.1, 0.15) is 44.7 Å². The zero-order chi connectivity index (χ0) is 22.5. The number of hydrogen-bond donors (Lipinski definition) is 1. The van der Waals surface area contributed by atoms with Gasteiger partial charge < -0.3 is 15.1 Å². The molecule has 4 rings (SSSR count). The number of nitrogens with one attached hydrogen (secondary N) is 1. The fourth-order valence-electron chi connectivity index (χ4n) is 4.42. The topological polar surface area (TPSA) is 52.7 Å². The van der Waals surface area contributed by atoms with Gasteiger partial charge in [0.05, 0.1) is 12.0 Å². The van der Waals surface area contributed by atoms with E-state index in [0.717, 1.165) is 30.0 Å². The molecule has 5 nitrogen and oxygen atoms in total. The first-order valence-electron chi connectivity index (χ1n) is 11.0. The van der Waals surface area contributed by atoms with Crippen molar-refractivity contribution in [1.29, 1.82) is 0 Å². The summed E-state index contributed by atoms with van der Waals surface area (Å²) in [5, 5.41) is 5.13. The number of thiophene rings is 1. The molecule has 2 heterocycles. The third kappa shape index (κ3) is 4.76. The Labute approximate surface area is 193 Å². The molecule has 1 N–H and O–H groups in total. The van der Waals surface area contributed by atoms with Crippen molar-refractivity contribution in [1.82, 2.24) is 15.1 Å². The van der Waals surface area contributed by atoms with E-state index < -0.39 is 5.92 Å². The minimum absolute atomic E-state index is 0.0269. The number of nitrogens with zero attached hydrogens (tertiary/aromatic N) is 2. The number of carbonyl (C=O) groups excluding carboxylic acids is 2. The Kier molecular flexibility index (Phi) is 7.02. The van der Waals surface area contributed by atoms with Crippen LogP contribution in [0.15, 0.2) is 72.1 Å². The highest BCUT2D eigenvalue weighted by Gasteiger charge is 2.42. The number of benzene rings is 2. The number of fused-ring (bicyclic) bond motifs is 1. The van der Waals surface area contributed by atoms with Gasteiger partial charge in [0.25, 0.3) is 5.91 Å². The number of hydrogen-bond acceptors (Lipinski definition) is 4. The molecule has 0 radical (unpaired) electrons. The highest BCUT2D eigenvalue weighted by atomic mass is 32.1. The maximum Gasteiger partial charge on any atom is 0.254 e. The number of likely N-dealkylation sites (N-methyl/N-ethyl adjacent to an activating group) is 1. The first-order chi connectivity index (χ1) is 15.6. The van der Waals surface area contributed by atoms with E-state index in [1.54, 1.807) is 23.3 Å². The molecule has 0 bridgehead atoms. The maximum atomic E-state index is 13.4. The molecule has 2 amide bonds. The lowest BCUT2D eigenvalue weighted by Crippen LogP contribution is -2.45. The van der Waals surface area contributed by atoms with Gasteiger partial charge in [-0.2, -0.15) is 0 Å². The molecule has 1 aliphatic rings. The van der Waals surface area contributed by atoms with E-state index >= 15 is 0 Å². The Bertz CT molecular complexity index is 1050. The predicted molar refractivity (Wildman–Crippen MR) is 129 cm³/mol. The van der Waals surface area contributed by atoms with Gasteiger partial charge in [0.15, 0.2) is 0 Å². The molecule has 166 valence electrons. The predicted octanol–water partition coefficient (Wildman–Crippen LogP) is 4.30. The molecule has 0 spiro atoms. The second kappa shape index (κ2) is 10.1. The highest BCUT2D eigenvalue weighted by molar-refractivity contribution is 7.10. The molecule has 32 heavy (non-hydrogen) atoms. The van der Waals surface area contributed by atoms with Gasteiger partial charge in [-0.3, -0.25) is 9.59 Å². The van der Waals surface area contributed by atoms with Crippen molar-refractivity contribution in [2.24, 2.45) is 0 Å². The Morgan fingerprint density at radius 2 is 1.81 bits per heavy atom. The Hall–Kier alpha value is -2.96. The van der Waals surface area contributed by atoms with Crippen LogP contribution >= 0.6 is 11.3 Å². The van der Waals surface area contributed by atoms with E-state index in [2.05, 4.69) is 41.5 Å². The standard InChI is InChI=1S/C26H29N3O2S/c1-28(18-19-10-4-3-5-11-19)16-9-15-27-25(30)23-20-12-6-7-13-21(20)26(31)29(2)24(23)22-14-8-17-32-22/h3-8,10-14,17,23-24H,9,15-16,18H2,1-2H3,(H,27,30)/t23-,24+/m1/s1. The molecule has 0 aliphatic carbocycles. The number of rotatable bonds is 8. The smallest absolute Gasteiger partial charge is 0.254 e. The molecule has 3 aromatic rings. The monoisotopic (exact) mass is 447 g/mol. The van der Waals surface area contributed by atoms with Crippen LogP contribution in [0.25, 0.3) is 0 Å². The lowest BCUT2D eigenvalue weighted by atomic mass is 9.81. The number of amides is 2. The summed E-state index contributed by atoms with van der Waals surface area (Å²) < 4.78 is 0. The average Bonchev–Trinajstić information content (AvgIpc) is 3.34. The zero-order valence-corrected chi connectivity index (χ0v) is 19.3. The van der Waals surface area contributed by atoms with Crippen LogP contribution in [0.2, 0.25) is 0 Å². The summed E-state index contributed by atoms with van der Waals surface area (Å²) in [7, 11) is 3.89. The van der Waals surface area contributed by atoms with Crippen LogP contribution < -0.4 is 5.32 Å². The molecule has 1 aromatic heterocycles. The van der Waals surface area contributed by atoms with Gasteiger partial charge in [0, 0.05) is 30.6 Å². The van der Waals surface area contributed by atoms with Crippen molar-refractivity contribution in [2.45, 2.75) is 24.9 Å². The molecule has 1 aliphatic heterocycles. The van der Waals surface area contributed by atoms with Crippen LogP contribution in [0.5, 0.6) is 0 Å². The van der Waals surface area contributed by atoms with E-state index in [0.29, 0.717) is 12.1 Å². The van der Waals surface area contributed by atoms with Gasteiger partial charge in [-0.1, -0.05) is 54.6 Å². The third-order valence-corrected chi connectivity index (χ3v) is 6.95. The molecular weight excluding hydrogens is 418 g/mol. The molecule has 0 saturated heterocycles.